The van der Waals surface area contributed by atoms with Crippen molar-refractivity contribution in [2.24, 2.45) is 10.4 Å². The minimum Gasteiger partial charge on any atom is -0.385 e. The fourth-order valence-electron chi connectivity index (χ4n) is 3.79. The van der Waals surface area contributed by atoms with Crippen molar-refractivity contribution in [3.63, 3.8) is 0 Å². The first-order valence-corrected chi connectivity index (χ1v) is 8.82. The van der Waals surface area contributed by atoms with Crippen LogP contribution in [0.1, 0.15) is 58.3 Å². The van der Waals surface area contributed by atoms with E-state index in [0.29, 0.717) is 5.41 Å². The Bertz CT molecular complexity index is 330. The number of likely N-dealkylation sites (tertiary alicyclic amines) is 1. The van der Waals surface area contributed by atoms with Gasteiger partial charge in [-0.3, -0.25) is 4.99 Å². The van der Waals surface area contributed by atoms with E-state index in [4.69, 9.17) is 9.73 Å². The van der Waals surface area contributed by atoms with Gasteiger partial charge in [0.15, 0.2) is 5.96 Å². The van der Waals surface area contributed by atoms with Crippen LogP contribution in [0.25, 0.3) is 0 Å². The van der Waals surface area contributed by atoms with E-state index in [1.165, 1.54) is 51.6 Å². The fourth-order valence-corrected chi connectivity index (χ4v) is 3.79. The molecule has 1 saturated heterocycles. The summed E-state index contributed by atoms with van der Waals surface area (Å²) in [5.74, 6) is 1.15. The molecule has 0 aromatic heterocycles. The van der Waals surface area contributed by atoms with Crippen LogP contribution >= 0.6 is 24.0 Å². The average Bonchev–Trinajstić information content (AvgIpc) is 3.12. The predicted octanol–water partition coefficient (Wildman–Crippen LogP) is 3.65. The molecule has 2 fully saturated rings. The summed E-state index contributed by atoms with van der Waals surface area (Å²) in [7, 11) is 1.77. The quantitative estimate of drug-likeness (QED) is 0.294. The van der Waals surface area contributed by atoms with Crippen molar-refractivity contribution in [1.82, 2.24) is 10.2 Å². The zero-order chi connectivity index (χ0) is 15.0. The average molecular weight is 423 g/mol. The summed E-state index contributed by atoms with van der Waals surface area (Å²) in [5, 5.41) is 3.48. The number of guanidine groups is 1. The van der Waals surface area contributed by atoms with E-state index in [-0.39, 0.29) is 24.0 Å². The summed E-state index contributed by atoms with van der Waals surface area (Å²) in [4.78, 5) is 7.34. The number of nitrogens with one attached hydrogen (secondary N) is 1. The molecule has 1 aliphatic carbocycles. The summed E-state index contributed by atoms with van der Waals surface area (Å²) < 4.78 is 5.09. The van der Waals surface area contributed by atoms with Gasteiger partial charge in [-0.25, -0.2) is 0 Å². The largest absolute Gasteiger partial charge is 0.385 e. The van der Waals surface area contributed by atoms with Gasteiger partial charge in [-0.05, 0) is 50.9 Å². The van der Waals surface area contributed by atoms with Crippen LogP contribution in [-0.4, -0.2) is 50.8 Å². The SMILES string of the molecule is CCNC(=NCCCCCOC)N1CCC2(CCCC2)C1.I. The maximum absolute atomic E-state index is 5.09. The number of nitrogens with zero attached hydrogens (tertiary/aromatic N) is 2. The lowest BCUT2D eigenvalue weighted by molar-refractivity contribution is 0.192. The highest BCUT2D eigenvalue weighted by Crippen LogP contribution is 2.45. The first-order valence-electron chi connectivity index (χ1n) is 8.82. The number of halogens is 1. The molecular weight excluding hydrogens is 389 g/mol. The third-order valence-corrected chi connectivity index (χ3v) is 5.01. The third kappa shape index (κ3) is 5.87. The molecule has 2 aliphatic rings. The summed E-state index contributed by atoms with van der Waals surface area (Å²) in [6, 6.07) is 0. The van der Waals surface area contributed by atoms with Gasteiger partial charge in [0.2, 0.25) is 0 Å². The van der Waals surface area contributed by atoms with Gasteiger partial charge >= 0.3 is 0 Å². The van der Waals surface area contributed by atoms with Crippen molar-refractivity contribution in [3.8, 4) is 0 Å². The van der Waals surface area contributed by atoms with Crippen LogP contribution in [0, 0.1) is 5.41 Å². The van der Waals surface area contributed by atoms with Gasteiger partial charge < -0.3 is 15.0 Å². The van der Waals surface area contributed by atoms with Crippen LogP contribution in [0.4, 0.5) is 0 Å². The van der Waals surface area contributed by atoms with Gasteiger partial charge in [-0.2, -0.15) is 0 Å². The number of rotatable bonds is 7. The van der Waals surface area contributed by atoms with Crippen molar-refractivity contribution < 1.29 is 4.74 Å². The Morgan fingerprint density at radius 2 is 1.95 bits per heavy atom. The highest BCUT2D eigenvalue weighted by molar-refractivity contribution is 14.0. The topological polar surface area (TPSA) is 36.9 Å². The highest BCUT2D eigenvalue weighted by atomic mass is 127. The smallest absolute Gasteiger partial charge is 0.193 e. The summed E-state index contributed by atoms with van der Waals surface area (Å²) in [6.07, 6.45) is 10.6. The van der Waals surface area contributed by atoms with E-state index in [0.717, 1.165) is 38.5 Å². The van der Waals surface area contributed by atoms with E-state index in [1.807, 2.05) is 0 Å². The second kappa shape index (κ2) is 10.7. The molecular formula is C17H34IN3O. The first kappa shape index (κ1) is 20.0. The van der Waals surface area contributed by atoms with Gasteiger partial charge in [0.25, 0.3) is 0 Å². The molecule has 1 aliphatic heterocycles. The molecule has 1 saturated carbocycles. The number of methoxy groups -OCH3 is 1. The molecule has 0 atom stereocenters. The number of hydrogen-bond acceptors (Lipinski definition) is 2. The lowest BCUT2D eigenvalue weighted by Crippen LogP contribution is -2.41. The minimum absolute atomic E-state index is 0. The summed E-state index contributed by atoms with van der Waals surface area (Å²) in [6.45, 7) is 7.35. The number of unbranched alkanes of at least 4 members (excludes halogenated alkanes) is 2. The monoisotopic (exact) mass is 423 g/mol. The van der Waals surface area contributed by atoms with Crippen molar-refractivity contribution in [2.75, 3.05) is 39.9 Å². The molecule has 0 amide bonds. The Morgan fingerprint density at radius 1 is 1.18 bits per heavy atom. The Balaban J connectivity index is 0.00000242. The second-order valence-electron chi connectivity index (χ2n) is 6.67. The lowest BCUT2D eigenvalue weighted by atomic mass is 9.86. The molecule has 0 aromatic rings. The van der Waals surface area contributed by atoms with Gasteiger partial charge in [0, 0.05) is 39.9 Å². The van der Waals surface area contributed by atoms with Gasteiger partial charge in [-0.1, -0.05) is 12.8 Å². The van der Waals surface area contributed by atoms with Gasteiger partial charge in [-0.15, -0.1) is 24.0 Å². The molecule has 22 heavy (non-hydrogen) atoms. The molecule has 0 bridgehead atoms. The van der Waals surface area contributed by atoms with Crippen LogP contribution in [-0.2, 0) is 4.74 Å². The molecule has 1 heterocycles. The number of aliphatic imine (C=N–C) groups is 1. The standard InChI is InChI=1S/C17H33N3O.HI/c1-3-18-16(19-12-7-4-8-14-21-2)20-13-11-17(15-20)9-5-6-10-17;/h3-15H2,1-2H3,(H,18,19);1H. The van der Waals surface area contributed by atoms with E-state index in [1.54, 1.807) is 7.11 Å². The molecule has 1 spiro atoms. The summed E-state index contributed by atoms with van der Waals surface area (Å²) >= 11 is 0. The normalized spacial score (nSPS) is 20.5. The van der Waals surface area contributed by atoms with Crippen LogP contribution in [0.15, 0.2) is 4.99 Å². The molecule has 5 heteroatoms. The Hall–Kier alpha value is -0.0400. The molecule has 0 unspecified atom stereocenters. The van der Waals surface area contributed by atoms with E-state index < -0.39 is 0 Å². The summed E-state index contributed by atoms with van der Waals surface area (Å²) in [5.41, 5.74) is 0.620. The van der Waals surface area contributed by atoms with E-state index in [9.17, 15) is 0 Å². The van der Waals surface area contributed by atoms with Crippen molar-refractivity contribution in [2.45, 2.75) is 58.3 Å². The van der Waals surface area contributed by atoms with Crippen molar-refractivity contribution >= 4 is 29.9 Å². The Labute approximate surface area is 153 Å². The van der Waals surface area contributed by atoms with Gasteiger partial charge in [0.1, 0.15) is 0 Å². The number of ether oxygens (including phenoxy) is 1. The predicted molar refractivity (Wildman–Crippen MR) is 104 cm³/mol. The molecule has 0 radical (unpaired) electrons. The molecule has 130 valence electrons. The van der Waals surface area contributed by atoms with Crippen LogP contribution in [0.3, 0.4) is 0 Å². The Kier molecular flexibility index (Phi) is 9.71. The maximum Gasteiger partial charge on any atom is 0.193 e. The third-order valence-electron chi connectivity index (χ3n) is 5.01. The van der Waals surface area contributed by atoms with Gasteiger partial charge in [0.05, 0.1) is 0 Å². The zero-order valence-corrected chi connectivity index (χ0v) is 16.7. The Morgan fingerprint density at radius 3 is 2.64 bits per heavy atom. The van der Waals surface area contributed by atoms with Crippen molar-refractivity contribution in [3.05, 3.63) is 0 Å². The maximum atomic E-state index is 5.09. The second-order valence-corrected chi connectivity index (χ2v) is 6.67. The molecule has 0 aromatic carbocycles. The number of hydrogen-bond donors (Lipinski definition) is 1. The van der Waals surface area contributed by atoms with E-state index in [2.05, 4.69) is 17.1 Å². The van der Waals surface area contributed by atoms with Crippen LogP contribution in [0.2, 0.25) is 0 Å². The zero-order valence-electron chi connectivity index (χ0n) is 14.4. The highest BCUT2D eigenvalue weighted by Gasteiger charge is 2.40. The molecule has 2 rings (SSSR count). The van der Waals surface area contributed by atoms with Crippen LogP contribution in [0.5, 0.6) is 0 Å². The van der Waals surface area contributed by atoms with Crippen molar-refractivity contribution in [1.29, 1.82) is 0 Å². The molecule has 1 N–H and O–H groups in total. The lowest BCUT2D eigenvalue weighted by Gasteiger charge is -2.26. The fraction of sp³-hybridized carbons (Fsp3) is 0.941. The molecule has 4 nitrogen and oxygen atoms in total. The minimum atomic E-state index is 0. The van der Waals surface area contributed by atoms with Crippen LogP contribution < -0.4 is 5.32 Å². The first-order chi connectivity index (χ1) is 10.3. The van der Waals surface area contributed by atoms with E-state index >= 15 is 0 Å².